The van der Waals surface area contributed by atoms with Gasteiger partial charge in [-0.05, 0) is 30.9 Å². The second kappa shape index (κ2) is 5.67. The maximum atomic E-state index is 12.6. The highest BCUT2D eigenvalue weighted by Gasteiger charge is 2.30. The van der Waals surface area contributed by atoms with Gasteiger partial charge in [-0.2, -0.15) is 0 Å². The van der Waals surface area contributed by atoms with Gasteiger partial charge in [0.15, 0.2) is 9.84 Å². The summed E-state index contributed by atoms with van der Waals surface area (Å²) in [6, 6.07) is 7.78. The Hall–Kier alpha value is -1.56. The van der Waals surface area contributed by atoms with Gasteiger partial charge >= 0.3 is 0 Å². The fraction of sp³-hybridized carbons (Fsp3) is 0.533. The molecule has 1 unspecified atom stereocenters. The van der Waals surface area contributed by atoms with E-state index < -0.39 is 9.84 Å². The second-order valence-corrected chi connectivity index (χ2v) is 8.03. The van der Waals surface area contributed by atoms with Crippen LogP contribution in [0.15, 0.2) is 24.3 Å². The molecule has 1 atom stereocenters. The van der Waals surface area contributed by atoms with Crippen LogP contribution >= 0.6 is 0 Å². The maximum Gasteiger partial charge on any atom is 0.245 e. The zero-order chi connectivity index (χ0) is 14.9. The van der Waals surface area contributed by atoms with Crippen molar-refractivity contribution >= 4 is 21.4 Å². The summed E-state index contributed by atoms with van der Waals surface area (Å²) >= 11 is 0. The van der Waals surface area contributed by atoms with Crippen LogP contribution in [-0.4, -0.2) is 49.9 Å². The molecule has 21 heavy (non-hydrogen) atoms. The average Bonchev–Trinajstić information content (AvgIpc) is 2.67. The zero-order valence-corrected chi connectivity index (χ0v) is 12.7. The number of aryl methyl sites for hydroxylation is 1. The number of amides is 1. The third-order valence-electron chi connectivity index (χ3n) is 4.21. The number of benzene rings is 1. The number of nitrogens with zero attached hydrogens (tertiary/aromatic N) is 1. The van der Waals surface area contributed by atoms with Crippen molar-refractivity contribution in [2.75, 3.05) is 29.9 Å². The molecular weight excluding hydrogens is 288 g/mol. The van der Waals surface area contributed by atoms with Crippen molar-refractivity contribution in [1.29, 1.82) is 0 Å². The number of hydrogen-bond donors (Lipinski definition) is 1. The number of nitrogens with one attached hydrogen (secondary N) is 1. The third kappa shape index (κ3) is 3.20. The van der Waals surface area contributed by atoms with Crippen LogP contribution in [0.1, 0.15) is 18.4 Å². The van der Waals surface area contributed by atoms with Crippen LogP contribution in [0.5, 0.6) is 0 Å². The molecule has 0 bridgehead atoms. The van der Waals surface area contributed by atoms with Gasteiger partial charge in [0.05, 0.1) is 11.5 Å². The number of anilines is 1. The number of para-hydroxylation sites is 1. The minimum atomic E-state index is -2.98. The Bertz CT molecular complexity index is 642. The molecule has 0 aromatic heterocycles. The van der Waals surface area contributed by atoms with Crippen molar-refractivity contribution in [3.05, 3.63) is 29.8 Å². The van der Waals surface area contributed by atoms with E-state index in [9.17, 15) is 13.2 Å². The van der Waals surface area contributed by atoms with Gasteiger partial charge in [-0.3, -0.25) is 4.79 Å². The van der Waals surface area contributed by atoms with E-state index in [2.05, 4.69) is 11.4 Å². The first-order valence-electron chi connectivity index (χ1n) is 7.39. The SMILES string of the molecule is O=C(C1CCc2ccccc2N1)N1CCCS(=O)(=O)CC1. The third-order valence-corrected chi connectivity index (χ3v) is 5.93. The summed E-state index contributed by atoms with van der Waals surface area (Å²) in [5.41, 5.74) is 2.25. The van der Waals surface area contributed by atoms with E-state index in [0.29, 0.717) is 19.5 Å². The van der Waals surface area contributed by atoms with E-state index in [1.54, 1.807) is 4.90 Å². The Morgan fingerprint density at radius 1 is 1.19 bits per heavy atom. The topological polar surface area (TPSA) is 66.5 Å². The van der Waals surface area contributed by atoms with E-state index in [4.69, 9.17) is 0 Å². The molecule has 2 heterocycles. The van der Waals surface area contributed by atoms with E-state index in [-0.39, 0.29) is 23.5 Å². The van der Waals surface area contributed by atoms with Gasteiger partial charge in [0.2, 0.25) is 5.91 Å². The Balaban J connectivity index is 1.69. The Morgan fingerprint density at radius 2 is 2.00 bits per heavy atom. The second-order valence-electron chi connectivity index (χ2n) is 5.72. The van der Waals surface area contributed by atoms with Gasteiger partial charge in [0, 0.05) is 18.8 Å². The molecule has 0 saturated carbocycles. The van der Waals surface area contributed by atoms with Gasteiger partial charge in [0.25, 0.3) is 0 Å². The molecule has 1 aromatic carbocycles. The number of sulfone groups is 1. The van der Waals surface area contributed by atoms with E-state index in [1.807, 2.05) is 18.2 Å². The van der Waals surface area contributed by atoms with Crippen LogP contribution < -0.4 is 5.32 Å². The van der Waals surface area contributed by atoms with Gasteiger partial charge in [-0.1, -0.05) is 18.2 Å². The first-order valence-corrected chi connectivity index (χ1v) is 9.21. The molecule has 2 aliphatic rings. The molecular formula is C15H20N2O3S. The highest BCUT2D eigenvalue weighted by molar-refractivity contribution is 7.91. The number of carbonyl (C=O) groups is 1. The van der Waals surface area contributed by atoms with Crippen LogP contribution in [0.3, 0.4) is 0 Å². The van der Waals surface area contributed by atoms with Crippen LogP contribution in [-0.2, 0) is 21.1 Å². The van der Waals surface area contributed by atoms with E-state index >= 15 is 0 Å². The van der Waals surface area contributed by atoms with Gasteiger partial charge in [-0.15, -0.1) is 0 Å². The molecule has 0 aliphatic carbocycles. The standard InChI is InChI=1S/C15H20N2O3S/c18-15(17-8-3-10-21(19,20)11-9-17)14-7-6-12-4-1-2-5-13(12)16-14/h1-2,4-5,14,16H,3,6-11H2. The summed E-state index contributed by atoms with van der Waals surface area (Å²) in [4.78, 5) is 14.3. The molecule has 1 aromatic rings. The minimum Gasteiger partial charge on any atom is -0.373 e. The average molecular weight is 308 g/mol. The molecule has 1 fully saturated rings. The zero-order valence-electron chi connectivity index (χ0n) is 11.9. The molecule has 1 amide bonds. The molecule has 2 aliphatic heterocycles. The highest BCUT2D eigenvalue weighted by atomic mass is 32.2. The number of rotatable bonds is 1. The van der Waals surface area contributed by atoms with E-state index in [0.717, 1.165) is 18.5 Å². The first kappa shape index (κ1) is 14.4. The largest absolute Gasteiger partial charge is 0.373 e. The molecule has 6 heteroatoms. The van der Waals surface area contributed by atoms with Crippen LogP contribution in [0.25, 0.3) is 0 Å². The lowest BCUT2D eigenvalue weighted by Crippen LogP contribution is -2.45. The molecule has 0 radical (unpaired) electrons. The predicted molar refractivity (Wildman–Crippen MR) is 82.0 cm³/mol. The van der Waals surface area contributed by atoms with Gasteiger partial charge in [-0.25, -0.2) is 8.42 Å². The van der Waals surface area contributed by atoms with Gasteiger partial charge < -0.3 is 10.2 Å². The predicted octanol–water partition coefficient (Wildman–Crippen LogP) is 1.06. The van der Waals surface area contributed by atoms with Crippen molar-refractivity contribution < 1.29 is 13.2 Å². The lowest BCUT2D eigenvalue weighted by atomic mass is 9.97. The van der Waals surface area contributed by atoms with Crippen molar-refractivity contribution in [2.45, 2.75) is 25.3 Å². The molecule has 114 valence electrons. The van der Waals surface area contributed by atoms with Crippen molar-refractivity contribution in [1.82, 2.24) is 4.90 Å². The first-order chi connectivity index (χ1) is 10.1. The van der Waals surface area contributed by atoms with Gasteiger partial charge in [0.1, 0.15) is 6.04 Å². The number of hydrogen-bond acceptors (Lipinski definition) is 4. The summed E-state index contributed by atoms with van der Waals surface area (Å²) in [6.07, 6.45) is 2.18. The monoisotopic (exact) mass is 308 g/mol. The van der Waals surface area contributed by atoms with Crippen LogP contribution in [0.4, 0.5) is 5.69 Å². The molecule has 5 nitrogen and oxygen atoms in total. The Morgan fingerprint density at radius 3 is 2.86 bits per heavy atom. The summed E-state index contributed by atoms with van der Waals surface area (Å²) < 4.78 is 23.3. The Kier molecular flexibility index (Phi) is 3.89. The summed E-state index contributed by atoms with van der Waals surface area (Å²) in [5, 5.41) is 3.29. The van der Waals surface area contributed by atoms with Crippen molar-refractivity contribution in [3.63, 3.8) is 0 Å². The van der Waals surface area contributed by atoms with Crippen LogP contribution in [0, 0.1) is 0 Å². The number of fused-ring (bicyclic) bond motifs is 1. The minimum absolute atomic E-state index is 0.0293. The molecule has 1 saturated heterocycles. The Labute approximate surface area is 125 Å². The maximum absolute atomic E-state index is 12.6. The fourth-order valence-corrected chi connectivity index (χ4v) is 4.27. The number of carbonyl (C=O) groups excluding carboxylic acids is 1. The summed E-state index contributed by atoms with van der Waals surface area (Å²) in [5.74, 6) is 0.307. The summed E-state index contributed by atoms with van der Waals surface area (Å²) in [6.45, 7) is 0.860. The highest BCUT2D eigenvalue weighted by Crippen LogP contribution is 2.25. The molecule has 1 N–H and O–H groups in total. The van der Waals surface area contributed by atoms with Crippen molar-refractivity contribution in [3.8, 4) is 0 Å². The van der Waals surface area contributed by atoms with E-state index in [1.165, 1.54) is 5.56 Å². The van der Waals surface area contributed by atoms with Crippen molar-refractivity contribution in [2.24, 2.45) is 0 Å². The normalized spacial score (nSPS) is 24.6. The van der Waals surface area contributed by atoms with Crippen LogP contribution in [0.2, 0.25) is 0 Å². The quantitative estimate of drug-likeness (QED) is 0.842. The summed E-state index contributed by atoms with van der Waals surface area (Å²) in [7, 11) is -2.98. The lowest BCUT2D eigenvalue weighted by molar-refractivity contribution is -0.131. The smallest absolute Gasteiger partial charge is 0.245 e. The molecule has 0 spiro atoms. The lowest BCUT2D eigenvalue weighted by Gasteiger charge is -2.30. The fourth-order valence-electron chi connectivity index (χ4n) is 3.00. The molecule has 3 rings (SSSR count).